The van der Waals surface area contributed by atoms with Crippen LogP contribution in [0, 0.1) is 11.8 Å². The number of hydrogen-bond donors (Lipinski definition) is 1. The fraction of sp³-hybridized carbons (Fsp3) is 0.750. The zero-order valence-corrected chi connectivity index (χ0v) is 10.4. The molecule has 0 bridgehead atoms. The van der Waals surface area contributed by atoms with Gasteiger partial charge in [0.15, 0.2) is 0 Å². The molecule has 1 saturated heterocycles. The van der Waals surface area contributed by atoms with Crippen LogP contribution < -0.4 is 5.73 Å². The van der Waals surface area contributed by atoms with E-state index in [1.807, 2.05) is 4.90 Å². The lowest BCUT2D eigenvalue weighted by Crippen LogP contribution is -2.33. The highest BCUT2D eigenvalue weighted by molar-refractivity contribution is 5.76. The van der Waals surface area contributed by atoms with Gasteiger partial charge < -0.3 is 10.6 Å². The van der Waals surface area contributed by atoms with Crippen LogP contribution in [0.5, 0.6) is 0 Å². The summed E-state index contributed by atoms with van der Waals surface area (Å²) in [6.07, 6.45) is 6.37. The standard InChI is InChI=1S/C12H19N5O/c13-11-2-1-9-4-16(5-10(9)3-11)12(18)6-17-8-14-7-15-17/h7-11H,1-6,13H2/t9-,10+,11?/m1/s1. The first-order valence-electron chi connectivity index (χ1n) is 6.58. The van der Waals surface area contributed by atoms with Crippen molar-refractivity contribution in [2.45, 2.75) is 31.8 Å². The molecule has 1 aliphatic heterocycles. The number of hydrogen-bond acceptors (Lipinski definition) is 4. The lowest BCUT2D eigenvalue weighted by atomic mass is 9.79. The van der Waals surface area contributed by atoms with Gasteiger partial charge >= 0.3 is 0 Å². The van der Waals surface area contributed by atoms with Gasteiger partial charge in [-0.2, -0.15) is 5.10 Å². The summed E-state index contributed by atoms with van der Waals surface area (Å²) in [5.74, 6) is 1.40. The third kappa shape index (κ3) is 2.25. The average Bonchev–Trinajstić information content (AvgIpc) is 2.96. The van der Waals surface area contributed by atoms with Crippen LogP contribution >= 0.6 is 0 Å². The molecule has 6 nitrogen and oxygen atoms in total. The van der Waals surface area contributed by atoms with Gasteiger partial charge in [0.05, 0.1) is 0 Å². The normalized spacial score (nSPS) is 31.4. The molecule has 3 rings (SSSR count). The number of nitrogens with two attached hydrogens (primary N) is 1. The van der Waals surface area contributed by atoms with Crippen LogP contribution in [0.4, 0.5) is 0 Å². The number of likely N-dealkylation sites (tertiary alicyclic amines) is 1. The number of rotatable bonds is 2. The minimum Gasteiger partial charge on any atom is -0.341 e. The number of amides is 1. The molecule has 0 aromatic carbocycles. The number of carbonyl (C=O) groups excluding carboxylic acids is 1. The lowest BCUT2D eigenvalue weighted by Gasteiger charge is -2.27. The lowest BCUT2D eigenvalue weighted by molar-refractivity contribution is -0.131. The summed E-state index contributed by atoms with van der Waals surface area (Å²) in [6, 6.07) is 0.330. The summed E-state index contributed by atoms with van der Waals surface area (Å²) in [5.41, 5.74) is 6.00. The van der Waals surface area contributed by atoms with E-state index in [0.29, 0.717) is 24.4 Å². The van der Waals surface area contributed by atoms with Crippen LogP contribution in [0.3, 0.4) is 0 Å². The first kappa shape index (κ1) is 11.6. The Kier molecular flexibility index (Phi) is 3.03. The Bertz CT molecular complexity index is 418. The Labute approximate surface area is 106 Å². The number of aromatic nitrogens is 3. The molecular weight excluding hydrogens is 230 g/mol. The largest absolute Gasteiger partial charge is 0.341 e. The number of nitrogens with zero attached hydrogens (tertiary/aromatic N) is 4. The second-order valence-electron chi connectivity index (χ2n) is 5.49. The second-order valence-corrected chi connectivity index (χ2v) is 5.49. The summed E-state index contributed by atoms with van der Waals surface area (Å²) < 4.78 is 1.58. The van der Waals surface area contributed by atoms with E-state index < -0.39 is 0 Å². The van der Waals surface area contributed by atoms with Crippen molar-refractivity contribution in [2.24, 2.45) is 17.6 Å². The van der Waals surface area contributed by atoms with E-state index in [9.17, 15) is 4.79 Å². The fourth-order valence-corrected chi connectivity index (χ4v) is 3.22. The summed E-state index contributed by atoms with van der Waals surface area (Å²) in [7, 11) is 0. The van der Waals surface area contributed by atoms with Crippen LogP contribution in [-0.2, 0) is 11.3 Å². The fourth-order valence-electron chi connectivity index (χ4n) is 3.22. The molecule has 1 saturated carbocycles. The summed E-state index contributed by atoms with van der Waals surface area (Å²) >= 11 is 0. The van der Waals surface area contributed by atoms with Crippen LogP contribution in [-0.4, -0.2) is 44.7 Å². The summed E-state index contributed by atoms with van der Waals surface area (Å²) in [5, 5.41) is 3.97. The maximum Gasteiger partial charge on any atom is 0.244 e. The van der Waals surface area contributed by atoms with Crippen molar-refractivity contribution in [2.75, 3.05) is 13.1 Å². The Morgan fingerprint density at radius 3 is 2.94 bits per heavy atom. The predicted molar refractivity (Wildman–Crippen MR) is 65.4 cm³/mol. The third-order valence-electron chi connectivity index (χ3n) is 4.21. The maximum absolute atomic E-state index is 12.1. The second kappa shape index (κ2) is 4.68. The molecule has 2 aliphatic rings. The van der Waals surface area contributed by atoms with E-state index in [2.05, 4.69) is 10.1 Å². The highest BCUT2D eigenvalue weighted by atomic mass is 16.2. The van der Waals surface area contributed by atoms with E-state index >= 15 is 0 Å². The first-order valence-corrected chi connectivity index (χ1v) is 6.58. The average molecular weight is 249 g/mol. The SMILES string of the molecule is NC1CC[C@@H]2CN(C(=O)Cn3cncn3)C[C@@H]2C1. The highest BCUT2D eigenvalue weighted by Crippen LogP contribution is 2.35. The zero-order chi connectivity index (χ0) is 12.5. The third-order valence-corrected chi connectivity index (χ3v) is 4.21. The first-order chi connectivity index (χ1) is 8.72. The molecule has 0 spiro atoms. The molecule has 1 amide bonds. The van der Waals surface area contributed by atoms with Gasteiger partial charge in [-0.05, 0) is 31.1 Å². The van der Waals surface area contributed by atoms with Crippen molar-refractivity contribution < 1.29 is 4.79 Å². The van der Waals surface area contributed by atoms with Gasteiger partial charge in [0, 0.05) is 19.1 Å². The molecule has 98 valence electrons. The van der Waals surface area contributed by atoms with Crippen molar-refractivity contribution in [1.82, 2.24) is 19.7 Å². The van der Waals surface area contributed by atoms with Gasteiger partial charge in [0.25, 0.3) is 0 Å². The number of fused-ring (bicyclic) bond motifs is 1. The molecule has 6 heteroatoms. The molecule has 2 heterocycles. The Hall–Kier alpha value is -1.43. The summed E-state index contributed by atoms with van der Waals surface area (Å²) in [4.78, 5) is 18.0. The molecule has 1 aromatic heterocycles. The van der Waals surface area contributed by atoms with Gasteiger partial charge in [0.1, 0.15) is 19.2 Å². The molecule has 1 aromatic rings. The monoisotopic (exact) mass is 249 g/mol. The van der Waals surface area contributed by atoms with E-state index in [4.69, 9.17) is 5.73 Å². The van der Waals surface area contributed by atoms with E-state index in [-0.39, 0.29) is 5.91 Å². The molecular formula is C12H19N5O. The van der Waals surface area contributed by atoms with Gasteiger partial charge in [-0.3, -0.25) is 4.79 Å². The van der Waals surface area contributed by atoms with Crippen molar-refractivity contribution in [1.29, 1.82) is 0 Å². The van der Waals surface area contributed by atoms with Crippen LogP contribution in [0.2, 0.25) is 0 Å². The predicted octanol–water partition coefficient (Wildman–Crippen LogP) is -0.136. The molecule has 3 atom stereocenters. The van der Waals surface area contributed by atoms with Gasteiger partial charge in [-0.15, -0.1) is 0 Å². The van der Waals surface area contributed by atoms with Crippen LogP contribution in [0.25, 0.3) is 0 Å². The van der Waals surface area contributed by atoms with Gasteiger partial charge in [0.2, 0.25) is 5.91 Å². The topological polar surface area (TPSA) is 77.0 Å². The van der Waals surface area contributed by atoms with E-state index in [0.717, 1.165) is 25.9 Å². The minimum atomic E-state index is 0.142. The Morgan fingerprint density at radius 1 is 1.33 bits per heavy atom. The summed E-state index contributed by atoms with van der Waals surface area (Å²) in [6.45, 7) is 2.06. The van der Waals surface area contributed by atoms with Crippen molar-refractivity contribution in [3.8, 4) is 0 Å². The molecule has 18 heavy (non-hydrogen) atoms. The van der Waals surface area contributed by atoms with Gasteiger partial charge in [-0.1, -0.05) is 0 Å². The van der Waals surface area contributed by atoms with E-state index in [1.54, 1.807) is 11.0 Å². The number of carbonyl (C=O) groups is 1. The highest BCUT2D eigenvalue weighted by Gasteiger charge is 2.38. The Morgan fingerprint density at radius 2 is 2.17 bits per heavy atom. The zero-order valence-electron chi connectivity index (χ0n) is 10.4. The quantitative estimate of drug-likeness (QED) is 0.791. The molecule has 0 radical (unpaired) electrons. The smallest absolute Gasteiger partial charge is 0.244 e. The molecule has 1 unspecified atom stereocenters. The molecule has 1 aliphatic carbocycles. The van der Waals surface area contributed by atoms with Crippen molar-refractivity contribution in [3.63, 3.8) is 0 Å². The van der Waals surface area contributed by atoms with E-state index in [1.165, 1.54) is 12.7 Å². The van der Waals surface area contributed by atoms with Crippen molar-refractivity contribution >= 4 is 5.91 Å². The minimum absolute atomic E-state index is 0.142. The molecule has 2 fully saturated rings. The van der Waals surface area contributed by atoms with Crippen molar-refractivity contribution in [3.05, 3.63) is 12.7 Å². The van der Waals surface area contributed by atoms with Crippen LogP contribution in [0.15, 0.2) is 12.7 Å². The molecule has 2 N–H and O–H groups in total. The Balaban J connectivity index is 1.59. The van der Waals surface area contributed by atoms with Gasteiger partial charge in [-0.25, -0.2) is 9.67 Å². The van der Waals surface area contributed by atoms with Crippen LogP contribution in [0.1, 0.15) is 19.3 Å². The maximum atomic E-state index is 12.1.